The summed E-state index contributed by atoms with van der Waals surface area (Å²) in [5.41, 5.74) is 0.292. The molecule has 0 heterocycles. The van der Waals surface area contributed by atoms with Gasteiger partial charge in [0, 0.05) is 29.6 Å². The van der Waals surface area contributed by atoms with Gasteiger partial charge in [-0.05, 0) is 45.9 Å². The van der Waals surface area contributed by atoms with Crippen LogP contribution in [0.25, 0.3) is 0 Å². The van der Waals surface area contributed by atoms with Gasteiger partial charge in [0.25, 0.3) is 5.91 Å². The molecule has 0 aromatic heterocycles. The number of aromatic hydroxyl groups is 1. The molecular formula is C15H23BrN2O2. The van der Waals surface area contributed by atoms with Gasteiger partial charge in [0.15, 0.2) is 0 Å². The molecule has 0 aliphatic carbocycles. The number of halogens is 1. The van der Waals surface area contributed by atoms with E-state index in [1.165, 1.54) is 6.07 Å². The minimum atomic E-state index is -0.253. The molecule has 0 saturated carbocycles. The summed E-state index contributed by atoms with van der Waals surface area (Å²) in [6.45, 7) is 9.91. The zero-order valence-electron chi connectivity index (χ0n) is 12.5. The molecule has 4 nitrogen and oxygen atoms in total. The Kier molecular flexibility index (Phi) is 6.49. The van der Waals surface area contributed by atoms with E-state index in [0.29, 0.717) is 24.2 Å². The number of nitrogens with one attached hydrogen (secondary N) is 1. The van der Waals surface area contributed by atoms with Crippen LogP contribution in [0.4, 0.5) is 0 Å². The lowest BCUT2D eigenvalue weighted by molar-refractivity contribution is 0.0936. The summed E-state index contributed by atoms with van der Waals surface area (Å²) in [5.74, 6) is -0.258. The Morgan fingerprint density at radius 1 is 1.30 bits per heavy atom. The fourth-order valence-corrected chi connectivity index (χ4v) is 2.56. The van der Waals surface area contributed by atoms with Crippen LogP contribution in [-0.4, -0.2) is 41.1 Å². The number of phenols is 1. The van der Waals surface area contributed by atoms with E-state index < -0.39 is 0 Å². The van der Waals surface area contributed by atoms with Crippen molar-refractivity contribution in [3.05, 3.63) is 28.2 Å². The highest BCUT2D eigenvalue weighted by molar-refractivity contribution is 9.10. The van der Waals surface area contributed by atoms with Gasteiger partial charge in [0.1, 0.15) is 5.75 Å². The molecule has 1 aromatic carbocycles. The number of amides is 1. The predicted octanol–water partition coefficient (Wildman–Crippen LogP) is 3.00. The molecule has 0 atom stereocenters. The number of hydrogen-bond donors (Lipinski definition) is 2. The van der Waals surface area contributed by atoms with E-state index in [1.807, 2.05) is 0 Å². The summed E-state index contributed by atoms with van der Waals surface area (Å²) < 4.78 is 0.770. The number of nitrogens with zero attached hydrogens (tertiary/aromatic N) is 1. The number of carbonyl (C=O) groups excluding carboxylic acids is 1. The van der Waals surface area contributed by atoms with Crippen LogP contribution < -0.4 is 5.32 Å². The molecule has 0 spiro atoms. The van der Waals surface area contributed by atoms with Gasteiger partial charge in [-0.25, -0.2) is 0 Å². The molecule has 0 saturated heterocycles. The van der Waals surface area contributed by atoms with Crippen LogP contribution in [0, 0.1) is 0 Å². The summed E-state index contributed by atoms with van der Waals surface area (Å²) >= 11 is 3.29. The lowest BCUT2D eigenvalue weighted by Gasteiger charge is -2.30. The largest absolute Gasteiger partial charge is 0.507 e. The third kappa shape index (κ3) is 4.80. The van der Waals surface area contributed by atoms with Crippen molar-refractivity contribution in [3.63, 3.8) is 0 Å². The van der Waals surface area contributed by atoms with Crippen molar-refractivity contribution in [2.75, 3.05) is 13.1 Å². The van der Waals surface area contributed by atoms with Crippen LogP contribution in [0.1, 0.15) is 38.1 Å². The summed E-state index contributed by atoms with van der Waals surface area (Å²) in [7, 11) is 0. The maximum atomic E-state index is 12.0. The van der Waals surface area contributed by atoms with Gasteiger partial charge in [-0.3, -0.25) is 9.69 Å². The third-order valence-electron chi connectivity index (χ3n) is 3.19. The Labute approximate surface area is 129 Å². The first-order valence-electron chi connectivity index (χ1n) is 6.85. The van der Waals surface area contributed by atoms with Crippen molar-refractivity contribution in [1.29, 1.82) is 0 Å². The number of benzene rings is 1. The molecule has 0 bridgehead atoms. The van der Waals surface area contributed by atoms with Crippen molar-refractivity contribution in [2.45, 2.75) is 39.8 Å². The second kappa shape index (κ2) is 7.64. The molecule has 0 unspecified atom stereocenters. The minimum absolute atomic E-state index is 0.00437. The summed E-state index contributed by atoms with van der Waals surface area (Å²) in [6, 6.07) is 5.70. The Balaban J connectivity index is 2.57. The van der Waals surface area contributed by atoms with Gasteiger partial charge in [-0.2, -0.15) is 0 Å². The fraction of sp³-hybridized carbons (Fsp3) is 0.533. The highest BCUT2D eigenvalue weighted by atomic mass is 79.9. The Bertz CT molecular complexity index is 453. The Morgan fingerprint density at radius 2 is 1.90 bits per heavy atom. The smallest absolute Gasteiger partial charge is 0.255 e. The molecule has 2 N–H and O–H groups in total. The van der Waals surface area contributed by atoms with Gasteiger partial charge in [0.2, 0.25) is 0 Å². The monoisotopic (exact) mass is 342 g/mol. The summed E-state index contributed by atoms with van der Waals surface area (Å²) in [5, 5.41) is 12.5. The number of hydrogen-bond acceptors (Lipinski definition) is 3. The Morgan fingerprint density at radius 3 is 2.45 bits per heavy atom. The van der Waals surface area contributed by atoms with E-state index in [-0.39, 0.29) is 11.7 Å². The predicted molar refractivity (Wildman–Crippen MR) is 85.1 cm³/mol. The van der Waals surface area contributed by atoms with Gasteiger partial charge in [-0.1, -0.05) is 15.9 Å². The average Bonchev–Trinajstić information content (AvgIpc) is 2.36. The van der Waals surface area contributed by atoms with Gasteiger partial charge >= 0.3 is 0 Å². The van der Waals surface area contributed by atoms with Crippen LogP contribution in [0.2, 0.25) is 0 Å². The second-order valence-electron chi connectivity index (χ2n) is 5.34. The van der Waals surface area contributed by atoms with Crippen molar-refractivity contribution < 1.29 is 9.90 Å². The standard InChI is InChI=1S/C15H23BrN2O2/c1-10(2)18(11(3)4)8-7-17-15(20)13-9-12(16)5-6-14(13)19/h5-6,9-11,19H,7-8H2,1-4H3,(H,17,20). The lowest BCUT2D eigenvalue weighted by Crippen LogP contribution is -2.42. The zero-order chi connectivity index (χ0) is 15.3. The van der Waals surface area contributed by atoms with E-state index >= 15 is 0 Å². The molecule has 5 heteroatoms. The minimum Gasteiger partial charge on any atom is -0.507 e. The first kappa shape index (κ1) is 17.0. The zero-order valence-corrected chi connectivity index (χ0v) is 14.1. The van der Waals surface area contributed by atoms with Crippen LogP contribution in [0.3, 0.4) is 0 Å². The van der Waals surface area contributed by atoms with Crippen LogP contribution in [-0.2, 0) is 0 Å². The lowest BCUT2D eigenvalue weighted by atomic mass is 10.2. The SMILES string of the molecule is CC(C)N(CCNC(=O)c1cc(Br)ccc1O)C(C)C. The van der Waals surface area contributed by atoms with Crippen molar-refractivity contribution in [1.82, 2.24) is 10.2 Å². The molecule has 1 rings (SSSR count). The quantitative estimate of drug-likeness (QED) is 0.835. The number of phenolic OH excluding ortho intramolecular Hbond substituents is 1. The topological polar surface area (TPSA) is 52.6 Å². The van der Waals surface area contributed by atoms with E-state index in [0.717, 1.165) is 11.0 Å². The molecule has 0 radical (unpaired) electrons. The van der Waals surface area contributed by atoms with Gasteiger partial charge < -0.3 is 10.4 Å². The molecule has 1 aromatic rings. The summed E-state index contributed by atoms with van der Waals surface area (Å²) in [4.78, 5) is 14.3. The van der Waals surface area contributed by atoms with E-state index in [2.05, 4.69) is 53.8 Å². The van der Waals surface area contributed by atoms with Crippen LogP contribution >= 0.6 is 15.9 Å². The number of rotatable bonds is 6. The van der Waals surface area contributed by atoms with Gasteiger partial charge in [0.05, 0.1) is 5.56 Å². The maximum Gasteiger partial charge on any atom is 0.255 e. The van der Waals surface area contributed by atoms with Gasteiger partial charge in [-0.15, -0.1) is 0 Å². The summed E-state index contributed by atoms with van der Waals surface area (Å²) in [6.07, 6.45) is 0. The number of carbonyl (C=O) groups is 1. The molecular weight excluding hydrogens is 320 g/mol. The van der Waals surface area contributed by atoms with Crippen molar-refractivity contribution in [2.24, 2.45) is 0 Å². The van der Waals surface area contributed by atoms with Crippen LogP contribution in [0.5, 0.6) is 5.75 Å². The first-order chi connectivity index (χ1) is 9.32. The third-order valence-corrected chi connectivity index (χ3v) is 3.68. The Hall–Kier alpha value is -1.07. The normalized spacial score (nSPS) is 11.4. The highest BCUT2D eigenvalue weighted by Gasteiger charge is 2.15. The van der Waals surface area contributed by atoms with Crippen LogP contribution in [0.15, 0.2) is 22.7 Å². The molecule has 0 aliphatic heterocycles. The highest BCUT2D eigenvalue weighted by Crippen LogP contribution is 2.21. The fourth-order valence-electron chi connectivity index (χ4n) is 2.20. The van der Waals surface area contributed by atoms with E-state index in [1.54, 1.807) is 12.1 Å². The molecule has 20 heavy (non-hydrogen) atoms. The molecule has 0 fully saturated rings. The van der Waals surface area contributed by atoms with E-state index in [9.17, 15) is 9.90 Å². The molecule has 1 amide bonds. The maximum absolute atomic E-state index is 12.0. The molecule has 112 valence electrons. The second-order valence-corrected chi connectivity index (χ2v) is 6.26. The van der Waals surface area contributed by atoms with E-state index in [4.69, 9.17) is 0 Å². The average molecular weight is 343 g/mol. The van der Waals surface area contributed by atoms with Crippen molar-refractivity contribution >= 4 is 21.8 Å². The first-order valence-corrected chi connectivity index (χ1v) is 7.64. The van der Waals surface area contributed by atoms with Crippen molar-refractivity contribution in [3.8, 4) is 5.75 Å². The molecule has 0 aliphatic rings.